The van der Waals surface area contributed by atoms with Gasteiger partial charge in [0.15, 0.2) is 0 Å². The van der Waals surface area contributed by atoms with E-state index in [1.807, 2.05) is 0 Å². The number of H-pyrrole nitrogens is 1. The van der Waals surface area contributed by atoms with E-state index in [0.29, 0.717) is 5.56 Å². The molecule has 0 bridgehead atoms. The minimum absolute atomic E-state index is 0.138. The van der Waals surface area contributed by atoms with Crippen LogP contribution in [0.15, 0.2) is 23.1 Å². The van der Waals surface area contributed by atoms with Gasteiger partial charge in [0.25, 0.3) is 0 Å². The highest BCUT2D eigenvalue weighted by Crippen LogP contribution is 1.83. The van der Waals surface area contributed by atoms with Gasteiger partial charge in [-0.1, -0.05) is 0 Å². The molecule has 46 valence electrons. The van der Waals surface area contributed by atoms with Crippen molar-refractivity contribution in [3.05, 3.63) is 34.2 Å². The number of nitrogens with one attached hydrogen (secondary N) is 2. The van der Waals surface area contributed by atoms with E-state index < -0.39 is 0 Å². The van der Waals surface area contributed by atoms with Gasteiger partial charge in [-0.05, 0) is 6.07 Å². The molecule has 0 aliphatic rings. The van der Waals surface area contributed by atoms with Crippen LogP contribution in [0.2, 0.25) is 0 Å². The first-order chi connectivity index (χ1) is 4.33. The minimum Gasteiger partial charge on any atom is -0.328 e. The third-order valence-electron chi connectivity index (χ3n) is 0.975. The Bertz CT molecular complexity index is 244. The summed E-state index contributed by atoms with van der Waals surface area (Å²) in [5.41, 5.74) is 0.565. The van der Waals surface area contributed by atoms with Crippen LogP contribution in [-0.2, 0) is 0 Å². The molecule has 0 aliphatic heterocycles. The summed E-state index contributed by atoms with van der Waals surface area (Å²) in [5.74, 6) is 0. The van der Waals surface area contributed by atoms with E-state index in [1.165, 1.54) is 18.5 Å². The first-order valence-corrected chi connectivity index (χ1v) is 2.52. The van der Waals surface area contributed by atoms with E-state index >= 15 is 0 Å². The number of aromatic nitrogens is 1. The summed E-state index contributed by atoms with van der Waals surface area (Å²) in [6, 6.07) is 2.98. The highest BCUT2D eigenvalue weighted by Gasteiger charge is 1.82. The topological polar surface area (TPSA) is 56.7 Å². The lowest BCUT2D eigenvalue weighted by atomic mass is 10.3. The summed E-state index contributed by atoms with van der Waals surface area (Å²) in [6.07, 6.45) is 2.67. The Labute approximate surface area is 51.9 Å². The Kier molecular flexibility index (Phi) is 1.44. The monoisotopic (exact) mass is 122 g/mol. The van der Waals surface area contributed by atoms with Crippen LogP contribution in [0.1, 0.15) is 5.56 Å². The van der Waals surface area contributed by atoms with Crippen molar-refractivity contribution in [3.63, 3.8) is 0 Å². The Morgan fingerprint density at radius 2 is 2.33 bits per heavy atom. The predicted molar refractivity (Wildman–Crippen MR) is 34.9 cm³/mol. The molecule has 0 spiro atoms. The van der Waals surface area contributed by atoms with Crippen molar-refractivity contribution in [1.29, 1.82) is 5.41 Å². The largest absolute Gasteiger partial charge is 0.328 e. The molecule has 0 atom stereocenters. The average Bonchev–Trinajstić information content (AvgIpc) is 1.90. The number of aromatic amines is 1. The molecule has 3 nitrogen and oxygen atoms in total. The van der Waals surface area contributed by atoms with Crippen LogP contribution in [0.3, 0.4) is 0 Å². The predicted octanol–water partition coefficient (Wildman–Crippen LogP) is 0.373. The lowest BCUT2D eigenvalue weighted by Gasteiger charge is -1.85. The number of hydrogen-bond acceptors (Lipinski definition) is 2. The molecule has 3 heteroatoms. The second-order valence-corrected chi connectivity index (χ2v) is 1.63. The quantitative estimate of drug-likeness (QED) is 0.519. The third-order valence-corrected chi connectivity index (χ3v) is 0.975. The van der Waals surface area contributed by atoms with E-state index in [0.717, 1.165) is 0 Å². The van der Waals surface area contributed by atoms with Gasteiger partial charge in [-0.2, -0.15) is 0 Å². The van der Waals surface area contributed by atoms with Crippen molar-refractivity contribution in [2.75, 3.05) is 0 Å². The zero-order valence-electron chi connectivity index (χ0n) is 4.72. The fourth-order valence-corrected chi connectivity index (χ4v) is 0.512. The Balaban J connectivity index is 3.16. The summed E-state index contributed by atoms with van der Waals surface area (Å²) in [4.78, 5) is 12.9. The van der Waals surface area contributed by atoms with E-state index in [4.69, 9.17) is 5.41 Å². The van der Waals surface area contributed by atoms with Gasteiger partial charge in [0, 0.05) is 24.0 Å². The van der Waals surface area contributed by atoms with Crippen molar-refractivity contribution in [2.24, 2.45) is 0 Å². The molecule has 0 unspecified atom stereocenters. The van der Waals surface area contributed by atoms with Crippen molar-refractivity contribution in [1.82, 2.24) is 4.98 Å². The molecule has 1 heterocycles. The first-order valence-electron chi connectivity index (χ1n) is 2.52. The Morgan fingerprint density at radius 3 is 2.78 bits per heavy atom. The van der Waals surface area contributed by atoms with Gasteiger partial charge in [0.1, 0.15) is 0 Å². The average molecular weight is 122 g/mol. The van der Waals surface area contributed by atoms with E-state index in [1.54, 1.807) is 6.07 Å². The maximum Gasteiger partial charge on any atom is 0.247 e. The molecule has 0 aliphatic carbocycles. The molecule has 9 heavy (non-hydrogen) atoms. The molecule has 1 aromatic rings. The van der Waals surface area contributed by atoms with Crippen LogP contribution in [0.25, 0.3) is 0 Å². The van der Waals surface area contributed by atoms with Crippen LogP contribution in [0.4, 0.5) is 0 Å². The Morgan fingerprint density at radius 1 is 1.56 bits per heavy atom. The highest BCUT2D eigenvalue weighted by atomic mass is 16.1. The molecule has 1 aromatic heterocycles. The van der Waals surface area contributed by atoms with Crippen molar-refractivity contribution in [2.45, 2.75) is 0 Å². The van der Waals surface area contributed by atoms with Gasteiger partial charge in [-0.3, -0.25) is 4.79 Å². The molecule has 0 radical (unpaired) electrons. The van der Waals surface area contributed by atoms with Crippen LogP contribution in [0.5, 0.6) is 0 Å². The van der Waals surface area contributed by atoms with Gasteiger partial charge in [-0.25, -0.2) is 0 Å². The standard InChI is InChI=1S/C6H6N2O/c7-3-5-1-2-6(9)8-4-5/h1-4,7H,(H,8,9). The van der Waals surface area contributed by atoms with Crippen molar-refractivity contribution in [3.8, 4) is 0 Å². The van der Waals surface area contributed by atoms with Crippen LogP contribution in [-0.4, -0.2) is 11.2 Å². The molecular formula is C6H6N2O. The molecule has 1 rings (SSSR count). The van der Waals surface area contributed by atoms with E-state index in [9.17, 15) is 4.79 Å². The van der Waals surface area contributed by atoms with E-state index in [2.05, 4.69) is 4.98 Å². The molecule has 0 fully saturated rings. The molecule has 0 amide bonds. The summed E-state index contributed by atoms with van der Waals surface area (Å²) in [6.45, 7) is 0. The normalized spacial score (nSPS) is 8.89. The maximum atomic E-state index is 10.4. The summed E-state index contributed by atoms with van der Waals surface area (Å²) in [7, 11) is 0. The summed E-state index contributed by atoms with van der Waals surface area (Å²) >= 11 is 0. The molecule has 0 aromatic carbocycles. The lowest BCUT2D eigenvalue weighted by molar-refractivity contribution is 1.23. The number of rotatable bonds is 1. The summed E-state index contributed by atoms with van der Waals surface area (Å²) in [5, 5.41) is 6.77. The van der Waals surface area contributed by atoms with Crippen LogP contribution in [0, 0.1) is 5.41 Å². The molecule has 2 N–H and O–H groups in total. The highest BCUT2D eigenvalue weighted by molar-refractivity contribution is 5.75. The fraction of sp³-hybridized carbons (Fsp3) is 0. The molecular weight excluding hydrogens is 116 g/mol. The maximum absolute atomic E-state index is 10.4. The van der Waals surface area contributed by atoms with Gasteiger partial charge < -0.3 is 10.4 Å². The first kappa shape index (κ1) is 5.75. The van der Waals surface area contributed by atoms with Crippen molar-refractivity contribution < 1.29 is 0 Å². The van der Waals surface area contributed by atoms with E-state index in [-0.39, 0.29) is 5.56 Å². The molecule has 0 saturated carbocycles. The Hall–Kier alpha value is -1.38. The zero-order valence-corrected chi connectivity index (χ0v) is 4.72. The second-order valence-electron chi connectivity index (χ2n) is 1.63. The lowest BCUT2D eigenvalue weighted by Crippen LogP contribution is -2.01. The van der Waals surface area contributed by atoms with Crippen molar-refractivity contribution >= 4 is 6.21 Å². The van der Waals surface area contributed by atoms with Crippen LogP contribution >= 0.6 is 0 Å². The van der Waals surface area contributed by atoms with Crippen LogP contribution < -0.4 is 5.56 Å². The SMILES string of the molecule is N=Cc1ccc(=O)[nH]c1. The van der Waals surface area contributed by atoms with Gasteiger partial charge in [0.2, 0.25) is 5.56 Å². The fourth-order valence-electron chi connectivity index (χ4n) is 0.512. The van der Waals surface area contributed by atoms with Gasteiger partial charge in [-0.15, -0.1) is 0 Å². The number of hydrogen-bond donors (Lipinski definition) is 2. The minimum atomic E-state index is -0.138. The number of pyridine rings is 1. The smallest absolute Gasteiger partial charge is 0.247 e. The summed E-state index contributed by atoms with van der Waals surface area (Å²) < 4.78 is 0. The molecule has 0 saturated heterocycles. The zero-order chi connectivity index (χ0) is 6.69. The van der Waals surface area contributed by atoms with Gasteiger partial charge >= 0.3 is 0 Å². The second kappa shape index (κ2) is 2.26. The van der Waals surface area contributed by atoms with Gasteiger partial charge in [0.05, 0.1) is 0 Å². The third kappa shape index (κ3) is 1.25.